The fourth-order valence-electron chi connectivity index (χ4n) is 1.47. The third-order valence-corrected chi connectivity index (χ3v) is 2.29. The lowest BCUT2D eigenvalue weighted by atomic mass is 10.1. The number of nitrogens with one attached hydrogen (secondary N) is 2. The summed E-state index contributed by atoms with van der Waals surface area (Å²) in [6.45, 7) is 6.09. The molecule has 0 aliphatic heterocycles. The standard InChI is InChI=1S/C14H21N3O2/c1-14(2,3)17-13(19)10-4-6-11(7-5-10)16-12(18)8-9-15/h4-7H,8-9,15H2,1-3H3,(H,16,18)(H,17,19). The molecule has 0 radical (unpaired) electrons. The van der Waals surface area contributed by atoms with E-state index in [0.29, 0.717) is 17.8 Å². The van der Waals surface area contributed by atoms with Crippen LogP contribution in [-0.2, 0) is 4.79 Å². The van der Waals surface area contributed by atoms with Crippen LogP contribution in [0.1, 0.15) is 37.6 Å². The van der Waals surface area contributed by atoms with Gasteiger partial charge in [-0.25, -0.2) is 0 Å². The first-order valence-electron chi connectivity index (χ1n) is 6.24. The first-order valence-corrected chi connectivity index (χ1v) is 6.24. The summed E-state index contributed by atoms with van der Waals surface area (Å²) < 4.78 is 0. The summed E-state index contributed by atoms with van der Waals surface area (Å²) in [6, 6.07) is 6.76. The highest BCUT2D eigenvalue weighted by Crippen LogP contribution is 2.11. The molecule has 0 unspecified atom stereocenters. The topological polar surface area (TPSA) is 84.2 Å². The van der Waals surface area contributed by atoms with Crippen molar-refractivity contribution in [3.63, 3.8) is 0 Å². The van der Waals surface area contributed by atoms with Gasteiger partial charge in [0.05, 0.1) is 0 Å². The van der Waals surface area contributed by atoms with Crippen LogP contribution < -0.4 is 16.4 Å². The highest BCUT2D eigenvalue weighted by atomic mass is 16.2. The van der Waals surface area contributed by atoms with Gasteiger partial charge in [0.1, 0.15) is 0 Å². The molecule has 1 aromatic rings. The Balaban J connectivity index is 2.66. The van der Waals surface area contributed by atoms with Crippen LogP contribution >= 0.6 is 0 Å². The van der Waals surface area contributed by atoms with Gasteiger partial charge in [0, 0.05) is 29.8 Å². The largest absolute Gasteiger partial charge is 0.347 e. The summed E-state index contributed by atoms with van der Waals surface area (Å²) in [5.74, 6) is -0.262. The van der Waals surface area contributed by atoms with E-state index in [1.54, 1.807) is 24.3 Å². The molecule has 19 heavy (non-hydrogen) atoms. The van der Waals surface area contributed by atoms with Crippen LogP contribution in [0.25, 0.3) is 0 Å². The molecule has 0 aliphatic carbocycles. The summed E-state index contributed by atoms with van der Waals surface area (Å²) in [7, 11) is 0. The van der Waals surface area contributed by atoms with E-state index in [4.69, 9.17) is 5.73 Å². The Morgan fingerprint density at radius 3 is 2.21 bits per heavy atom. The SMILES string of the molecule is CC(C)(C)NC(=O)c1ccc(NC(=O)CCN)cc1. The Bertz CT molecular complexity index is 447. The number of hydrogen-bond acceptors (Lipinski definition) is 3. The lowest BCUT2D eigenvalue weighted by Crippen LogP contribution is -2.40. The maximum absolute atomic E-state index is 11.9. The van der Waals surface area contributed by atoms with Gasteiger partial charge in [0.25, 0.3) is 5.91 Å². The van der Waals surface area contributed by atoms with Gasteiger partial charge in [-0.15, -0.1) is 0 Å². The van der Waals surface area contributed by atoms with Crippen molar-refractivity contribution in [1.82, 2.24) is 5.32 Å². The summed E-state index contributed by atoms with van der Waals surface area (Å²) in [5.41, 5.74) is 6.24. The molecule has 104 valence electrons. The molecule has 0 saturated carbocycles. The van der Waals surface area contributed by atoms with E-state index in [1.165, 1.54) is 0 Å². The van der Waals surface area contributed by atoms with Crippen LogP contribution in [-0.4, -0.2) is 23.9 Å². The molecular weight excluding hydrogens is 242 g/mol. The lowest BCUT2D eigenvalue weighted by molar-refractivity contribution is -0.116. The van der Waals surface area contributed by atoms with Crippen molar-refractivity contribution in [2.45, 2.75) is 32.7 Å². The van der Waals surface area contributed by atoms with Gasteiger partial charge in [0.2, 0.25) is 5.91 Å². The third-order valence-electron chi connectivity index (χ3n) is 2.29. The molecule has 0 heterocycles. The van der Waals surface area contributed by atoms with Gasteiger partial charge in [-0.1, -0.05) is 0 Å². The summed E-state index contributed by atoms with van der Waals surface area (Å²) in [5, 5.41) is 5.58. The molecule has 0 aliphatic rings. The third kappa shape index (κ3) is 5.52. The number of anilines is 1. The minimum Gasteiger partial charge on any atom is -0.347 e. The van der Waals surface area contributed by atoms with Crippen molar-refractivity contribution < 1.29 is 9.59 Å². The van der Waals surface area contributed by atoms with Crippen molar-refractivity contribution in [2.75, 3.05) is 11.9 Å². The zero-order valence-corrected chi connectivity index (χ0v) is 11.6. The van der Waals surface area contributed by atoms with E-state index in [9.17, 15) is 9.59 Å². The fraction of sp³-hybridized carbons (Fsp3) is 0.429. The summed E-state index contributed by atoms with van der Waals surface area (Å²) >= 11 is 0. The van der Waals surface area contributed by atoms with Gasteiger partial charge in [-0.3, -0.25) is 9.59 Å². The second kappa shape index (κ2) is 6.33. The van der Waals surface area contributed by atoms with Crippen molar-refractivity contribution in [2.24, 2.45) is 5.73 Å². The predicted molar refractivity (Wildman–Crippen MR) is 76.0 cm³/mol. The van der Waals surface area contributed by atoms with Crippen LogP contribution in [0.15, 0.2) is 24.3 Å². The van der Waals surface area contributed by atoms with Gasteiger partial charge >= 0.3 is 0 Å². The molecule has 0 fully saturated rings. The van der Waals surface area contributed by atoms with E-state index in [1.807, 2.05) is 20.8 Å². The number of amides is 2. The van der Waals surface area contributed by atoms with E-state index in [0.717, 1.165) is 0 Å². The Morgan fingerprint density at radius 1 is 1.16 bits per heavy atom. The molecule has 5 heteroatoms. The first kappa shape index (κ1) is 15.2. The predicted octanol–water partition coefficient (Wildman–Crippen LogP) is 1.50. The molecule has 4 N–H and O–H groups in total. The van der Waals surface area contributed by atoms with Crippen molar-refractivity contribution in [3.05, 3.63) is 29.8 Å². The number of hydrogen-bond donors (Lipinski definition) is 3. The van der Waals surface area contributed by atoms with Crippen LogP contribution in [0.4, 0.5) is 5.69 Å². The molecule has 5 nitrogen and oxygen atoms in total. The maximum Gasteiger partial charge on any atom is 0.251 e. The van der Waals surface area contributed by atoms with Gasteiger partial charge in [-0.2, -0.15) is 0 Å². The minimum absolute atomic E-state index is 0.130. The molecule has 0 spiro atoms. The Hall–Kier alpha value is -1.88. The monoisotopic (exact) mass is 263 g/mol. The molecular formula is C14H21N3O2. The molecule has 2 amide bonds. The average molecular weight is 263 g/mol. The van der Waals surface area contributed by atoms with E-state index < -0.39 is 0 Å². The Labute approximate surface area is 113 Å². The smallest absolute Gasteiger partial charge is 0.251 e. The number of carbonyl (C=O) groups excluding carboxylic acids is 2. The normalized spacial score (nSPS) is 10.9. The van der Waals surface area contributed by atoms with Crippen molar-refractivity contribution >= 4 is 17.5 Å². The number of rotatable bonds is 4. The summed E-state index contributed by atoms with van der Waals surface area (Å²) in [6.07, 6.45) is 0.284. The lowest BCUT2D eigenvalue weighted by Gasteiger charge is -2.20. The van der Waals surface area contributed by atoms with Crippen LogP contribution in [0.3, 0.4) is 0 Å². The van der Waals surface area contributed by atoms with Crippen LogP contribution in [0.2, 0.25) is 0 Å². The maximum atomic E-state index is 11.9. The van der Waals surface area contributed by atoms with Crippen molar-refractivity contribution in [3.8, 4) is 0 Å². The van der Waals surface area contributed by atoms with Crippen LogP contribution in [0.5, 0.6) is 0 Å². The summed E-state index contributed by atoms with van der Waals surface area (Å²) in [4.78, 5) is 23.2. The quantitative estimate of drug-likeness (QED) is 0.769. The fourth-order valence-corrected chi connectivity index (χ4v) is 1.47. The number of nitrogens with two attached hydrogens (primary N) is 1. The minimum atomic E-state index is -0.273. The van der Waals surface area contributed by atoms with Gasteiger partial charge < -0.3 is 16.4 Å². The zero-order valence-electron chi connectivity index (χ0n) is 11.6. The van der Waals surface area contributed by atoms with Crippen LogP contribution in [0, 0.1) is 0 Å². The molecule has 1 aromatic carbocycles. The van der Waals surface area contributed by atoms with E-state index >= 15 is 0 Å². The Morgan fingerprint density at radius 2 is 1.74 bits per heavy atom. The molecule has 0 saturated heterocycles. The van der Waals surface area contributed by atoms with Gasteiger partial charge in [-0.05, 0) is 45.0 Å². The molecule has 0 bridgehead atoms. The molecule has 0 aromatic heterocycles. The second-order valence-electron chi connectivity index (χ2n) is 5.37. The highest BCUT2D eigenvalue weighted by Gasteiger charge is 2.15. The Kier molecular flexibility index (Phi) is 5.06. The highest BCUT2D eigenvalue weighted by molar-refractivity contribution is 5.96. The zero-order chi connectivity index (χ0) is 14.5. The second-order valence-corrected chi connectivity index (χ2v) is 5.37. The van der Waals surface area contributed by atoms with Gasteiger partial charge in [0.15, 0.2) is 0 Å². The van der Waals surface area contributed by atoms with E-state index in [-0.39, 0.29) is 23.8 Å². The number of benzene rings is 1. The average Bonchev–Trinajstić information content (AvgIpc) is 2.27. The number of carbonyl (C=O) groups is 2. The van der Waals surface area contributed by atoms with E-state index in [2.05, 4.69) is 10.6 Å². The molecule has 0 atom stereocenters. The van der Waals surface area contributed by atoms with Crippen molar-refractivity contribution in [1.29, 1.82) is 0 Å². The first-order chi connectivity index (χ1) is 8.81. The molecule has 1 rings (SSSR count).